The molecule has 15 heavy (non-hydrogen) atoms. The molecule has 1 atom stereocenters. The zero-order valence-electron chi connectivity index (χ0n) is 9.70. The number of aliphatic hydroxyl groups is 1. The average molecular weight is 208 g/mol. The molecule has 0 saturated heterocycles. The first kappa shape index (κ1) is 12.1. The second-order valence-corrected chi connectivity index (χ2v) is 4.27. The van der Waals surface area contributed by atoms with Crippen LogP contribution in [0.1, 0.15) is 31.1 Å². The number of rotatable bonds is 5. The lowest BCUT2D eigenvalue weighted by Gasteiger charge is -2.17. The van der Waals surface area contributed by atoms with Crippen LogP contribution in [0.15, 0.2) is 18.3 Å². The van der Waals surface area contributed by atoms with E-state index >= 15 is 0 Å². The van der Waals surface area contributed by atoms with Gasteiger partial charge in [-0.15, -0.1) is 0 Å². The molecule has 0 bridgehead atoms. The Kier molecular flexibility index (Phi) is 4.72. The van der Waals surface area contributed by atoms with Gasteiger partial charge in [0.25, 0.3) is 0 Å². The normalized spacial score (nSPS) is 13.1. The molecular weight excluding hydrogens is 188 g/mol. The highest BCUT2D eigenvalue weighted by Crippen LogP contribution is 2.11. The molecule has 0 amide bonds. The predicted octanol–water partition coefficient (Wildman–Crippen LogP) is 1.67. The van der Waals surface area contributed by atoms with E-state index in [0.717, 1.165) is 17.8 Å². The van der Waals surface area contributed by atoms with Gasteiger partial charge in [-0.2, -0.15) is 0 Å². The molecule has 84 valence electrons. The predicted molar refractivity (Wildman–Crippen MR) is 61.6 cm³/mol. The number of aliphatic hydroxyl groups excluding tert-OH is 1. The van der Waals surface area contributed by atoms with Crippen molar-refractivity contribution in [1.82, 2.24) is 10.3 Å². The molecule has 0 aliphatic carbocycles. The van der Waals surface area contributed by atoms with Gasteiger partial charge in [0.1, 0.15) is 0 Å². The summed E-state index contributed by atoms with van der Waals surface area (Å²) in [6, 6.07) is 3.98. The zero-order valence-corrected chi connectivity index (χ0v) is 9.70. The molecule has 1 unspecified atom stereocenters. The number of aromatic nitrogens is 1. The van der Waals surface area contributed by atoms with Gasteiger partial charge in [-0.1, -0.05) is 19.9 Å². The Morgan fingerprint density at radius 1 is 1.40 bits per heavy atom. The molecule has 3 nitrogen and oxygen atoms in total. The van der Waals surface area contributed by atoms with Crippen molar-refractivity contribution >= 4 is 0 Å². The van der Waals surface area contributed by atoms with E-state index in [0.29, 0.717) is 5.92 Å². The molecule has 1 rings (SSSR count). The molecule has 0 saturated carbocycles. The molecule has 0 fully saturated rings. The van der Waals surface area contributed by atoms with Gasteiger partial charge >= 0.3 is 0 Å². The van der Waals surface area contributed by atoms with E-state index in [2.05, 4.69) is 24.1 Å². The van der Waals surface area contributed by atoms with Crippen molar-refractivity contribution in [2.45, 2.75) is 26.8 Å². The molecule has 2 N–H and O–H groups in total. The summed E-state index contributed by atoms with van der Waals surface area (Å²) in [6.45, 7) is 7.26. The standard InChI is InChI=1S/C12H20N2O/c1-9(2)6-14-12(8-15)11-5-4-10(3)13-7-11/h4-5,7,9,12,14-15H,6,8H2,1-3H3. The first-order valence-electron chi connectivity index (χ1n) is 5.40. The van der Waals surface area contributed by atoms with Crippen molar-refractivity contribution < 1.29 is 5.11 Å². The van der Waals surface area contributed by atoms with Crippen molar-refractivity contribution in [2.75, 3.05) is 13.2 Å². The Morgan fingerprint density at radius 2 is 2.13 bits per heavy atom. The highest BCUT2D eigenvalue weighted by molar-refractivity contribution is 5.17. The molecule has 1 heterocycles. The van der Waals surface area contributed by atoms with E-state index in [1.165, 1.54) is 0 Å². The lowest BCUT2D eigenvalue weighted by molar-refractivity contribution is 0.240. The Bertz CT molecular complexity index is 282. The Morgan fingerprint density at radius 3 is 2.60 bits per heavy atom. The third-order valence-electron chi connectivity index (χ3n) is 2.29. The number of nitrogens with zero attached hydrogens (tertiary/aromatic N) is 1. The summed E-state index contributed by atoms with van der Waals surface area (Å²) in [5, 5.41) is 12.6. The van der Waals surface area contributed by atoms with E-state index in [1.54, 1.807) is 0 Å². The van der Waals surface area contributed by atoms with Gasteiger partial charge in [-0.25, -0.2) is 0 Å². The number of nitrogens with one attached hydrogen (secondary N) is 1. The monoisotopic (exact) mass is 208 g/mol. The number of pyridine rings is 1. The lowest BCUT2D eigenvalue weighted by Crippen LogP contribution is -2.28. The molecule has 0 aliphatic heterocycles. The van der Waals surface area contributed by atoms with Crippen molar-refractivity contribution in [1.29, 1.82) is 0 Å². The van der Waals surface area contributed by atoms with Gasteiger partial charge in [-0.3, -0.25) is 4.98 Å². The maximum absolute atomic E-state index is 9.27. The molecular formula is C12H20N2O. The smallest absolute Gasteiger partial charge is 0.0627 e. The molecule has 0 aromatic carbocycles. The summed E-state index contributed by atoms with van der Waals surface area (Å²) in [7, 11) is 0. The SMILES string of the molecule is Cc1ccc(C(CO)NCC(C)C)cn1. The summed E-state index contributed by atoms with van der Waals surface area (Å²) in [5.74, 6) is 0.581. The number of aryl methyl sites for hydroxylation is 1. The maximum atomic E-state index is 9.27. The second-order valence-electron chi connectivity index (χ2n) is 4.27. The summed E-state index contributed by atoms with van der Waals surface area (Å²) < 4.78 is 0. The van der Waals surface area contributed by atoms with Crippen molar-refractivity contribution in [3.8, 4) is 0 Å². The fraction of sp³-hybridized carbons (Fsp3) is 0.583. The van der Waals surface area contributed by atoms with Crippen molar-refractivity contribution in [2.24, 2.45) is 5.92 Å². The van der Waals surface area contributed by atoms with Crippen LogP contribution in [-0.2, 0) is 0 Å². The second kappa shape index (κ2) is 5.83. The molecule has 3 heteroatoms. The highest BCUT2D eigenvalue weighted by Gasteiger charge is 2.09. The van der Waals surface area contributed by atoms with Crippen LogP contribution in [0.2, 0.25) is 0 Å². The minimum absolute atomic E-state index is 0.000463. The zero-order chi connectivity index (χ0) is 11.3. The maximum Gasteiger partial charge on any atom is 0.0627 e. The van der Waals surface area contributed by atoms with E-state index < -0.39 is 0 Å². The quantitative estimate of drug-likeness (QED) is 0.773. The van der Waals surface area contributed by atoms with E-state index in [4.69, 9.17) is 0 Å². The summed E-state index contributed by atoms with van der Waals surface area (Å²) in [4.78, 5) is 4.22. The topological polar surface area (TPSA) is 45.1 Å². The molecule has 1 aromatic heterocycles. The Hall–Kier alpha value is -0.930. The van der Waals surface area contributed by atoms with Crippen LogP contribution >= 0.6 is 0 Å². The van der Waals surface area contributed by atoms with Crippen LogP contribution in [0.25, 0.3) is 0 Å². The fourth-order valence-electron chi connectivity index (χ4n) is 1.35. The average Bonchev–Trinajstić information content (AvgIpc) is 2.21. The van der Waals surface area contributed by atoms with Gasteiger partial charge in [0.05, 0.1) is 12.6 Å². The van der Waals surface area contributed by atoms with Crippen molar-refractivity contribution in [3.63, 3.8) is 0 Å². The third kappa shape index (κ3) is 3.98. The first-order valence-corrected chi connectivity index (χ1v) is 5.40. The first-order chi connectivity index (χ1) is 7.13. The molecule has 0 spiro atoms. The number of hydrogen-bond donors (Lipinski definition) is 2. The highest BCUT2D eigenvalue weighted by atomic mass is 16.3. The summed E-state index contributed by atoms with van der Waals surface area (Å²) in [5.41, 5.74) is 2.04. The molecule has 0 radical (unpaired) electrons. The van der Waals surface area contributed by atoms with Gasteiger partial charge < -0.3 is 10.4 Å². The summed E-state index contributed by atoms with van der Waals surface area (Å²) in [6.07, 6.45) is 1.82. The molecule has 1 aromatic rings. The van der Waals surface area contributed by atoms with Gasteiger partial charge in [-0.05, 0) is 31.0 Å². The van der Waals surface area contributed by atoms with E-state index in [9.17, 15) is 5.11 Å². The van der Waals surface area contributed by atoms with Crippen LogP contribution in [0, 0.1) is 12.8 Å². The minimum atomic E-state index is 0.000463. The van der Waals surface area contributed by atoms with E-state index in [1.807, 2.05) is 25.3 Å². The number of hydrogen-bond acceptors (Lipinski definition) is 3. The van der Waals surface area contributed by atoms with Crippen molar-refractivity contribution in [3.05, 3.63) is 29.6 Å². The van der Waals surface area contributed by atoms with Crippen LogP contribution in [-0.4, -0.2) is 23.2 Å². The lowest BCUT2D eigenvalue weighted by atomic mass is 10.1. The minimum Gasteiger partial charge on any atom is -0.394 e. The van der Waals surface area contributed by atoms with Crippen LogP contribution in [0.4, 0.5) is 0 Å². The fourth-order valence-corrected chi connectivity index (χ4v) is 1.35. The van der Waals surface area contributed by atoms with E-state index in [-0.39, 0.29) is 12.6 Å². The Labute approximate surface area is 91.5 Å². The van der Waals surface area contributed by atoms with Crippen LogP contribution in [0.3, 0.4) is 0 Å². The Balaban J connectivity index is 2.61. The largest absolute Gasteiger partial charge is 0.394 e. The van der Waals surface area contributed by atoms with Gasteiger partial charge in [0.15, 0.2) is 0 Å². The van der Waals surface area contributed by atoms with Crippen LogP contribution in [0.5, 0.6) is 0 Å². The third-order valence-corrected chi connectivity index (χ3v) is 2.29. The summed E-state index contributed by atoms with van der Waals surface area (Å²) >= 11 is 0. The van der Waals surface area contributed by atoms with Gasteiger partial charge in [0, 0.05) is 11.9 Å². The van der Waals surface area contributed by atoms with Crippen LogP contribution < -0.4 is 5.32 Å². The molecule has 0 aliphatic rings. The van der Waals surface area contributed by atoms with Gasteiger partial charge in [0.2, 0.25) is 0 Å².